The summed E-state index contributed by atoms with van der Waals surface area (Å²) in [5.74, 6) is -0.826. The van der Waals surface area contributed by atoms with Crippen molar-refractivity contribution in [3.8, 4) is 0 Å². The van der Waals surface area contributed by atoms with Crippen molar-refractivity contribution >= 4 is 34.8 Å². The molecule has 23 heavy (non-hydrogen) atoms. The summed E-state index contributed by atoms with van der Waals surface area (Å²) in [4.78, 5) is 25.4. The second kappa shape index (κ2) is 8.13. The van der Waals surface area contributed by atoms with Gasteiger partial charge in [-0.3, -0.25) is 4.79 Å². The fourth-order valence-electron chi connectivity index (χ4n) is 2.06. The number of ether oxygens (including phenoxy) is 1. The number of hydrogen-bond donors (Lipinski definition) is 1. The van der Waals surface area contributed by atoms with Gasteiger partial charge < -0.3 is 10.1 Å². The Morgan fingerprint density at radius 2 is 2.04 bits per heavy atom. The van der Waals surface area contributed by atoms with Crippen LogP contribution in [0.15, 0.2) is 30.3 Å². The van der Waals surface area contributed by atoms with Crippen molar-refractivity contribution in [2.45, 2.75) is 26.8 Å². The molecule has 0 unspecified atom stereocenters. The smallest absolute Gasteiger partial charge is 0.348 e. The van der Waals surface area contributed by atoms with E-state index in [4.69, 9.17) is 16.3 Å². The predicted molar refractivity (Wildman–Crippen MR) is 92.0 cm³/mol. The Morgan fingerprint density at radius 3 is 2.70 bits per heavy atom. The van der Waals surface area contributed by atoms with E-state index in [1.54, 1.807) is 12.1 Å². The zero-order chi connectivity index (χ0) is 16.8. The molecule has 4 nitrogen and oxygen atoms in total. The zero-order valence-electron chi connectivity index (χ0n) is 13.0. The number of carbonyl (C=O) groups excluding carboxylic acids is 2. The lowest BCUT2D eigenvalue weighted by molar-refractivity contribution is -0.124. The molecule has 6 heteroatoms. The van der Waals surface area contributed by atoms with E-state index in [9.17, 15) is 9.59 Å². The standard InChI is InChI=1S/C17H18ClNO3S/c1-3-14-11(2)8-15(23-14)17(21)22-10-16(20)19-9-12-6-4-5-7-13(12)18/h4-8H,3,9-10H2,1-2H3,(H,19,20). The average Bonchev–Trinajstić information content (AvgIpc) is 2.93. The van der Waals surface area contributed by atoms with Crippen LogP contribution in [0.3, 0.4) is 0 Å². The maximum Gasteiger partial charge on any atom is 0.348 e. The number of nitrogens with one attached hydrogen (secondary N) is 1. The first-order valence-electron chi connectivity index (χ1n) is 7.27. The Morgan fingerprint density at radius 1 is 1.30 bits per heavy atom. The minimum absolute atomic E-state index is 0.300. The van der Waals surface area contributed by atoms with Gasteiger partial charge in [0, 0.05) is 16.4 Å². The molecule has 0 saturated carbocycles. The molecule has 1 amide bonds. The lowest BCUT2D eigenvalue weighted by atomic mass is 10.2. The van der Waals surface area contributed by atoms with Crippen molar-refractivity contribution in [2.75, 3.05) is 6.61 Å². The van der Waals surface area contributed by atoms with Gasteiger partial charge in [0.1, 0.15) is 4.88 Å². The molecule has 2 rings (SSSR count). The first-order valence-corrected chi connectivity index (χ1v) is 8.47. The molecular formula is C17H18ClNO3S. The van der Waals surface area contributed by atoms with E-state index in [1.165, 1.54) is 11.3 Å². The first kappa shape index (κ1) is 17.5. The van der Waals surface area contributed by atoms with Crippen molar-refractivity contribution < 1.29 is 14.3 Å². The van der Waals surface area contributed by atoms with Crippen LogP contribution < -0.4 is 5.32 Å². The number of hydrogen-bond acceptors (Lipinski definition) is 4. The average molecular weight is 352 g/mol. The van der Waals surface area contributed by atoms with Gasteiger partial charge in [-0.05, 0) is 36.6 Å². The van der Waals surface area contributed by atoms with Gasteiger partial charge in [-0.15, -0.1) is 11.3 Å². The number of rotatable bonds is 6. The highest BCUT2D eigenvalue weighted by Gasteiger charge is 2.14. The minimum Gasteiger partial charge on any atom is -0.451 e. The molecule has 0 fully saturated rings. The molecule has 0 bridgehead atoms. The van der Waals surface area contributed by atoms with E-state index < -0.39 is 5.97 Å². The predicted octanol–water partition coefficient (Wildman–Crippen LogP) is 3.75. The second-order valence-electron chi connectivity index (χ2n) is 5.01. The Balaban J connectivity index is 1.82. The van der Waals surface area contributed by atoms with E-state index >= 15 is 0 Å². The quantitative estimate of drug-likeness (QED) is 0.806. The summed E-state index contributed by atoms with van der Waals surface area (Å²) in [6.07, 6.45) is 0.877. The molecule has 0 aliphatic carbocycles. The zero-order valence-corrected chi connectivity index (χ0v) is 14.6. The van der Waals surface area contributed by atoms with Crippen LogP contribution >= 0.6 is 22.9 Å². The van der Waals surface area contributed by atoms with Crippen molar-refractivity contribution in [1.29, 1.82) is 0 Å². The third-order valence-electron chi connectivity index (χ3n) is 3.31. The van der Waals surface area contributed by atoms with Crippen LogP contribution in [0.5, 0.6) is 0 Å². The minimum atomic E-state index is -0.467. The third kappa shape index (κ3) is 4.81. The third-order valence-corrected chi connectivity index (χ3v) is 5.04. The van der Waals surface area contributed by atoms with E-state index in [0.717, 1.165) is 22.4 Å². The van der Waals surface area contributed by atoms with Crippen LogP contribution in [0, 0.1) is 6.92 Å². The van der Waals surface area contributed by atoms with E-state index in [-0.39, 0.29) is 12.5 Å². The summed E-state index contributed by atoms with van der Waals surface area (Å²) in [6, 6.07) is 9.05. The number of thiophene rings is 1. The highest BCUT2D eigenvalue weighted by molar-refractivity contribution is 7.14. The van der Waals surface area contributed by atoms with Crippen molar-refractivity contribution in [3.63, 3.8) is 0 Å². The van der Waals surface area contributed by atoms with Crippen LogP contribution in [0.25, 0.3) is 0 Å². The van der Waals surface area contributed by atoms with E-state index in [1.807, 2.05) is 32.0 Å². The Bertz CT molecular complexity index is 712. The van der Waals surface area contributed by atoms with Crippen LogP contribution in [-0.2, 0) is 22.5 Å². The van der Waals surface area contributed by atoms with Crippen LogP contribution in [-0.4, -0.2) is 18.5 Å². The van der Waals surface area contributed by atoms with Gasteiger partial charge in [0.2, 0.25) is 0 Å². The van der Waals surface area contributed by atoms with Crippen LogP contribution in [0.2, 0.25) is 5.02 Å². The Hall–Kier alpha value is -1.85. The maximum atomic E-state index is 11.9. The number of benzene rings is 1. The topological polar surface area (TPSA) is 55.4 Å². The van der Waals surface area contributed by atoms with Gasteiger partial charge in [0.05, 0.1) is 0 Å². The second-order valence-corrected chi connectivity index (χ2v) is 6.56. The molecule has 0 aliphatic rings. The van der Waals surface area contributed by atoms with Crippen LogP contribution in [0.4, 0.5) is 0 Å². The summed E-state index contributed by atoms with van der Waals surface area (Å²) in [6.45, 7) is 3.99. The summed E-state index contributed by atoms with van der Waals surface area (Å²) in [7, 11) is 0. The molecule has 122 valence electrons. The Kier molecular flexibility index (Phi) is 6.19. The van der Waals surface area contributed by atoms with Gasteiger partial charge in [-0.25, -0.2) is 4.79 Å². The number of halogens is 1. The largest absolute Gasteiger partial charge is 0.451 e. The highest BCUT2D eigenvalue weighted by Crippen LogP contribution is 2.23. The van der Waals surface area contributed by atoms with Crippen LogP contribution in [0.1, 0.15) is 32.6 Å². The number of aryl methyl sites for hydroxylation is 2. The lowest BCUT2D eigenvalue weighted by Crippen LogP contribution is -2.28. The molecule has 1 aromatic heterocycles. The molecule has 0 aliphatic heterocycles. The fourth-order valence-corrected chi connectivity index (χ4v) is 3.27. The Labute approximate surface area is 144 Å². The van der Waals surface area contributed by atoms with Crippen molar-refractivity contribution in [1.82, 2.24) is 5.32 Å². The van der Waals surface area contributed by atoms with Gasteiger partial charge in [-0.1, -0.05) is 36.7 Å². The van der Waals surface area contributed by atoms with Gasteiger partial charge in [0.15, 0.2) is 6.61 Å². The normalized spacial score (nSPS) is 10.4. The van der Waals surface area contributed by atoms with E-state index in [2.05, 4.69) is 5.32 Å². The molecule has 0 atom stereocenters. The van der Waals surface area contributed by atoms with Crippen molar-refractivity contribution in [2.24, 2.45) is 0 Å². The van der Waals surface area contributed by atoms with Gasteiger partial charge in [0.25, 0.3) is 5.91 Å². The molecule has 0 saturated heterocycles. The molecular weight excluding hydrogens is 334 g/mol. The number of amides is 1. The first-order chi connectivity index (χ1) is 11.0. The summed E-state index contributed by atoms with van der Waals surface area (Å²) >= 11 is 7.42. The lowest BCUT2D eigenvalue weighted by Gasteiger charge is -2.07. The molecule has 0 radical (unpaired) electrons. The summed E-state index contributed by atoms with van der Waals surface area (Å²) in [5, 5.41) is 3.27. The van der Waals surface area contributed by atoms with E-state index in [0.29, 0.717) is 16.4 Å². The molecule has 1 aromatic carbocycles. The number of esters is 1. The van der Waals surface area contributed by atoms with Crippen molar-refractivity contribution in [3.05, 3.63) is 56.2 Å². The molecule has 0 spiro atoms. The summed E-state index contributed by atoms with van der Waals surface area (Å²) in [5.41, 5.74) is 1.89. The monoisotopic (exact) mass is 351 g/mol. The van der Waals surface area contributed by atoms with Gasteiger partial charge >= 0.3 is 5.97 Å². The highest BCUT2D eigenvalue weighted by atomic mass is 35.5. The number of carbonyl (C=O) groups is 2. The summed E-state index contributed by atoms with van der Waals surface area (Å²) < 4.78 is 5.05. The van der Waals surface area contributed by atoms with Gasteiger partial charge in [-0.2, -0.15) is 0 Å². The SMILES string of the molecule is CCc1sc(C(=O)OCC(=O)NCc2ccccc2Cl)cc1C. The maximum absolute atomic E-state index is 11.9. The molecule has 2 aromatic rings. The molecule has 1 N–H and O–H groups in total. The molecule has 1 heterocycles. The fraction of sp³-hybridized carbons (Fsp3) is 0.294.